The maximum Gasteiger partial charge on any atom is 0.322 e. The lowest BCUT2D eigenvalue weighted by atomic mass is 10.1. The van der Waals surface area contributed by atoms with Gasteiger partial charge in [0.15, 0.2) is 0 Å². The van der Waals surface area contributed by atoms with E-state index in [1.165, 1.54) is 0 Å². The third-order valence-corrected chi connectivity index (χ3v) is 6.40. The summed E-state index contributed by atoms with van der Waals surface area (Å²) in [6, 6.07) is 16.8. The Hall–Kier alpha value is -3.56. The van der Waals surface area contributed by atoms with Gasteiger partial charge in [0, 0.05) is 28.8 Å². The second-order valence-corrected chi connectivity index (χ2v) is 8.79. The molecule has 4 aromatic rings. The SMILES string of the molecule is Cc1cc(COc2ccc(C(=O)N3CCOCC3c3n[nH]c(=O)s3)cc2)c2ccccc2n1. The molecule has 33 heavy (non-hydrogen) atoms. The molecule has 2 aromatic carbocycles. The number of para-hydroxylation sites is 1. The minimum Gasteiger partial charge on any atom is -0.489 e. The molecule has 1 amide bonds. The van der Waals surface area contributed by atoms with Gasteiger partial charge in [0.05, 0.1) is 18.7 Å². The van der Waals surface area contributed by atoms with Gasteiger partial charge in [0.25, 0.3) is 5.91 Å². The number of hydrogen-bond acceptors (Lipinski definition) is 7. The third-order valence-electron chi connectivity index (χ3n) is 5.55. The first-order valence-electron chi connectivity index (χ1n) is 10.6. The van der Waals surface area contributed by atoms with Gasteiger partial charge in [0.2, 0.25) is 0 Å². The molecule has 8 nitrogen and oxygen atoms in total. The standard InChI is InChI=1S/C24H22N4O4S/c1-15-12-17(19-4-2-3-5-20(19)25-15)13-32-18-8-6-16(7-9-18)23(29)28-10-11-31-14-21(28)22-26-27-24(30)33-22/h2-9,12,21H,10-11,13-14H2,1H3,(H,27,30). The number of benzene rings is 2. The van der Waals surface area contributed by atoms with E-state index in [-0.39, 0.29) is 16.8 Å². The summed E-state index contributed by atoms with van der Waals surface area (Å²) in [5.41, 5.74) is 3.49. The van der Waals surface area contributed by atoms with Crippen LogP contribution in [0.3, 0.4) is 0 Å². The molecule has 0 bridgehead atoms. The van der Waals surface area contributed by atoms with Gasteiger partial charge in [0.1, 0.15) is 23.4 Å². The van der Waals surface area contributed by atoms with Crippen molar-refractivity contribution in [1.82, 2.24) is 20.1 Å². The van der Waals surface area contributed by atoms with E-state index in [9.17, 15) is 9.59 Å². The number of aryl methyl sites for hydroxylation is 1. The Labute approximate surface area is 193 Å². The van der Waals surface area contributed by atoms with Crippen LogP contribution < -0.4 is 9.61 Å². The minimum absolute atomic E-state index is 0.131. The second-order valence-electron chi connectivity index (χ2n) is 7.79. The summed E-state index contributed by atoms with van der Waals surface area (Å²) in [4.78, 5) is 30.7. The first-order chi connectivity index (χ1) is 16.1. The fraction of sp³-hybridized carbons (Fsp3) is 0.250. The highest BCUT2D eigenvalue weighted by Gasteiger charge is 2.31. The van der Waals surface area contributed by atoms with Crippen LogP contribution in [-0.4, -0.2) is 45.7 Å². The topological polar surface area (TPSA) is 97.4 Å². The average Bonchev–Trinajstić information content (AvgIpc) is 3.28. The number of morpholine rings is 1. The van der Waals surface area contributed by atoms with Crippen molar-refractivity contribution in [3.05, 3.63) is 86.1 Å². The van der Waals surface area contributed by atoms with Gasteiger partial charge >= 0.3 is 4.87 Å². The van der Waals surface area contributed by atoms with Gasteiger partial charge in [-0.15, -0.1) is 0 Å². The summed E-state index contributed by atoms with van der Waals surface area (Å²) in [6.07, 6.45) is 0. The molecule has 0 spiro atoms. The number of amides is 1. The van der Waals surface area contributed by atoms with Crippen LogP contribution in [0.1, 0.15) is 32.7 Å². The second kappa shape index (κ2) is 9.13. The lowest BCUT2D eigenvalue weighted by molar-refractivity contribution is -0.00292. The number of H-pyrrole nitrogens is 1. The van der Waals surface area contributed by atoms with Crippen LogP contribution in [0.5, 0.6) is 5.75 Å². The van der Waals surface area contributed by atoms with Gasteiger partial charge < -0.3 is 14.4 Å². The van der Waals surface area contributed by atoms with Crippen molar-refractivity contribution in [3.8, 4) is 5.75 Å². The molecule has 2 aromatic heterocycles. The van der Waals surface area contributed by atoms with Gasteiger partial charge in [-0.25, -0.2) is 5.10 Å². The van der Waals surface area contributed by atoms with Gasteiger partial charge in [-0.3, -0.25) is 14.6 Å². The van der Waals surface area contributed by atoms with Crippen molar-refractivity contribution in [2.24, 2.45) is 0 Å². The number of ether oxygens (including phenoxy) is 2. The Morgan fingerprint density at radius 1 is 1.24 bits per heavy atom. The van der Waals surface area contributed by atoms with E-state index in [4.69, 9.17) is 9.47 Å². The van der Waals surface area contributed by atoms with E-state index in [1.54, 1.807) is 29.2 Å². The highest BCUT2D eigenvalue weighted by Crippen LogP contribution is 2.27. The number of hydrogen-bond donors (Lipinski definition) is 1. The number of nitrogens with one attached hydrogen (secondary N) is 1. The van der Waals surface area contributed by atoms with Crippen molar-refractivity contribution in [2.75, 3.05) is 19.8 Å². The fourth-order valence-electron chi connectivity index (χ4n) is 3.97. The number of aromatic nitrogens is 3. The summed E-state index contributed by atoms with van der Waals surface area (Å²) >= 11 is 0.999. The Kier molecular flexibility index (Phi) is 5.89. The van der Waals surface area contributed by atoms with Gasteiger partial charge in [-0.2, -0.15) is 5.10 Å². The summed E-state index contributed by atoms with van der Waals surface area (Å²) < 4.78 is 11.5. The van der Waals surface area contributed by atoms with Crippen LogP contribution in [-0.2, 0) is 11.3 Å². The lowest BCUT2D eigenvalue weighted by Crippen LogP contribution is -2.43. The molecule has 3 heterocycles. The number of pyridine rings is 1. The number of nitrogens with zero attached hydrogens (tertiary/aromatic N) is 3. The Morgan fingerprint density at radius 3 is 2.85 bits per heavy atom. The third kappa shape index (κ3) is 4.50. The molecule has 0 radical (unpaired) electrons. The molecular weight excluding hydrogens is 440 g/mol. The Balaban J connectivity index is 1.30. The molecule has 1 unspecified atom stereocenters. The lowest BCUT2D eigenvalue weighted by Gasteiger charge is -2.34. The molecule has 5 rings (SSSR count). The quantitative estimate of drug-likeness (QED) is 0.488. The van der Waals surface area contributed by atoms with Crippen LogP contribution in [0.15, 0.2) is 59.4 Å². The predicted molar refractivity (Wildman–Crippen MR) is 125 cm³/mol. The molecule has 1 aliphatic rings. The number of rotatable bonds is 5. The van der Waals surface area contributed by atoms with Crippen molar-refractivity contribution in [2.45, 2.75) is 19.6 Å². The molecule has 0 saturated carbocycles. The Bertz CT molecular complexity index is 1350. The van der Waals surface area contributed by atoms with E-state index in [2.05, 4.69) is 15.2 Å². The molecule has 1 aliphatic heterocycles. The zero-order chi connectivity index (χ0) is 22.8. The predicted octanol–water partition coefficient (Wildman–Crippen LogP) is 3.48. The molecule has 9 heteroatoms. The maximum absolute atomic E-state index is 13.2. The number of carbonyl (C=O) groups is 1. The molecule has 1 fully saturated rings. The smallest absolute Gasteiger partial charge is 0.322 e. The Morgan fingerprint density at radius 2 is 2.06 bits per heavy atom. The molecule has 168 valence electrons. The summed E-state index contributed by atoms with van der Waals surface area (Å²) in [7, 11) is 0. The highest BCUT2D eigenvalue weighted by molar-refractivity contribution is 7.08. The van der Waals surface area contributed by atoms with Crippen LogP contribution in [0.4, 0.5) is 0 Å². The number of aromatic amines is 1. The highest BCUT2D eigenvalue weighted by atomic mass is 32.1. The average molecular weight is 463 g/mol. The van der Waals surface area contributed by atoms with Crippen LogP contribution in [0, 0.1) is 6.92 Å². The van der Waals surface area contributed by atoms with Crippen molar-refractivity contribution >= 4 is 28.1 Å². The summed E-state index contributed by atoms with van der Waals surface area (Å²) in [5.74, 6) is 0.544. The minimum atomic E-state index is -0.380. The first-order valence-corrected chi connectivity index (χ1v) is 11.4. The van der Waals surface area contributed by atoms with E-state index in [1.807, 2.05) is 37.3 Å². The van der Waals surface area contributed by atoms with E-state index in [0.717, 1.165) is 33.5 Å². The van der Waals surface area contributed by atoms with Crippen LogP contribution >= 0.6 is 11.3 Å². The van der Waals surface area contributed by atoms with E-state index < -0.39 is 0 Å². The van der Waals surface area contributed by atoms with Crippen molar-refractivity contribution in [1.29, 1.82) is 0 Å². The molecule has 1 saturated heterocycles. The molecular formula is C24H22N4O4S. The van der Waals surface area contributed by atoms with Crippen LogP contribution in [0.25, 0.3) is 10.9 Å². The van der Waals surface area contributed by atoms with Gasteiger partial charge in [-0.05, 0) is 43.3 Å². The maximum atomic E-state index is 13.2. The number of carbonyl (C=O) groups excluding carboxylic acids is 1. The van der Waals surface area contributed by atoms with E-state index in [0.29, 0.717) is 42.7 Å². The summed E-state index contributed by atoms with van der Waals surface area (Å²) in [5, 5.41) is 8.07. The molecule has 1 N–H and O–H groups in total. The van der Waals surface area contributed by atoms with E-state index >= 15 is 0 Å². The number of fused-ring (bicyclic) bond motifs is 1. The normalized spacial score (nSPS) is 16.2. The largest absolute Gasteiger partial charge is 0.489 e. The van der Waals surface area contributed by atoms with Crippen LogP contribution in [0.2, 0.25) is 0 Å². The van der Waals surface area contributed by atoms with Crippen molar-refractivity contribution < 1.29 is 14.3 Å². The fourth-order valence-corrected chi connectivity index (χ4v) is 4.67. The monoisotopic (exact) mass is 462 g/mol. The van der Waals surface area contributed by atoms with Crippen molar-refractivity contribution in [3.63, 3.8) is 0 Å². The summed E-state index contributed by atoms with van der Waals surface area (Å²) in [6.45, 7) is 3.57. The molecule has 0 aliphatic carbocycles. The zero-order valence-electron chi connectivity index (χ0n) is 18.0. The first kappa shape index (κ1) is 21.3. The van der Waals surface area contributed by atoms with Gasteiger partial charge in [-0.1, -0.05) is 29.5 Å². The molecule has 1 atom stereocenters. The zero-order valence-corrected chi connectivity index (χ0v) is 18.8.